The Hall–Kier alpha value is -13.5. The Bertz CT molecular complexity index is 5280. The average molecular weight is 1920 g/mol. The fourth-order valence-electron chi connectivity index (χ4n) is 17.4. The zero-order valence-electron chi connectivity index (χ0n) is 78.5. The zero-order chi connectivity index (χ0) is 100. The maximum Gasteiger partial charge on any atom is 0.305 e. The number of guanidine groups is 1. The van der Waals surface area contributed by atoms with Crippen molar-refractivity contribution >= 4 is 140 Å². The molecule has 16 atom stereocenters. The van der Waals surface area contributed by atoms with E-state index in [-0.39, 0.29) is 101 Å². The molecular formula is C93H130N22O21S. The number of hydrogen-bond acceptors (Lipinski definition) is 23. The van der Waals surface area contributed by atoms with E-state index in [0.717, 1.165) is 36.3 Å². The molecule has 3 saturated heterocycles. The van der Waals surface area contributed by atoms with Gasteiger partial charge in [-0.3, -0.25) is 86.9 Å². The lowest BCUT2D eigenvalue weighted by molar-refractivity contribution is -0.149. The molecule has 0 aliphatic carbocycles. The maximum atomic E-state index is 15.8. The van der Waals surface area contributed by atoms with Gasteiger partial charge in [-0.05, 0) is 105 Å². The van der Waals surface area contributed by atoms with Gasteiger partial charge in [0.25, 0.3) is 0 Å². The number of likely N-dealkylation sites (N-methyl/N-ethyl adjacent to an activating group) is 3. The second kappa shape index (κ2) is 50.9. The number of carbonyl (C=O) groups excluding carboxylic acids is 16. The summed E-state index contributed by atoms with van der Waals surface area (Å²) in [6.07, 6.45) is 3.15. The number of aromatic amines is 3. The molecule has 3 aliphatic rings. The quantitative estimate of drug-likeness (QED) is 0.0182. The van der Waals surface area contributed by atoms with Crippen molar-refractivity contribution in [2.45, 2.75) is 241 Å². The number of hydrogen-bond donors (Lipinski definition) is 20. The number of carboxylic acid groups (broad SMARTS) is 1. The Morgan fingerprint density at radius 2 is 1.19 bits per heavy atom. The molecule has 3 fully saturated rings. The van der Waals surface area contributed by atoms with Crippen LogP contribution in [0.15, 0.2) is 97.7 Å². The van der Waals surface area contributed by atoms with Gasteiger partial charge in [-0.25, -0.2) is 4.98 Å². The van der Waals surface area contributed by atoms with Gasteiger partial charge in [-0.1, -0.05) is 109 Å². The number of aromatic nitrogens is 4. The van der Waals surface area contributed by atoms with Gasteiger partial charge in [-0.15, -0.1) is 11.8 Å². The number of nitrogens with one attached hydrogen (secondary N) is 14. The smallest absolute Gasteiger partial charge is 0.305 e. The SMILES string of the molecule is CCCC[C@H]1C(=O)N(C)[C@@H](CCCC)C(=O)N[C@@H](CCCNC(=N)N)C(=O)N[C@H](C(=O)NCC(N)=O)CSCC(=O)N[C@@H](Cc2ccc(O)cc2)C(=O)N(C)[C@@H](C)C(=O)N[C@@H](CC(=O)O)C(=O)N2CCC[C@H]2C(=O)N[C@@H](Cc2c[nH]cn2)C(=O)N[C@@H](CC(C)C)C(=O)N2C[C@H](O)C[C@H]2C(=O)CC([C@@H](C)c2c[nH]c3ccccc23)C(=O)N[C@@H](CO)C(=O)N[C@@H](Cc2c[nH]c3ccccc23)C(=O)N1C. The van der Waals surface area contributed by atoms with E-state index in [0.29, 0.717) is 64.2 Å². The summed E-state index contributed by atoms with van der Waals surface area (Å²) in [5.74, 6) is -20.8. The summed E-state index contributed by atoms with van der Waals surface area (Å²) in [6.45, 7) is 7.65. The van der Waals surface area contributed by atoms with Crippen LogP contribution in [0.4, 0.5) is 0 Å². The molecule has 0 saturated carbocycles. The minimum Gasteiger partial charge on any atom is -0.508 e. The molecule has 0 bridgehead atoms. The second-order valence-corrected chi connectivity index (χ2v) is 36.6. The van der Waals surface area contributed by atoms with E-state index in [9.17, 15) is 63.6 Å². The van der Waals surface area contributed by atoms with Gasteiger partial charge >= 0.3 is 5.97 Å². The summed E-state index contributed by atoms with van der Waals surface area (Å²) in [4.78, 5) is 270. The van der Waals surface area contributed by atoms with Gasteiger partial charge in [0.05, 0.1) is 55.4 Å². The van der Waals surface area contributed by atoms with Crippen molar-refractivity contribution < 1.29 is 102 Å². The molecule has 1 unspecified atom stereocenters. The minimum absolute atomic E-state index is 0.0110. The summed E-state index contributed by atoms with van der Waals surface area (Å²) < 4.78 is 0. The van der Waals surface area contributed by atoms with Crippen LogP contribution in [0, 0.1) is 17.2 Å². The molecule has 6 aromatic rings. The van der Waals surface area contributed by atoms with Gasteiger partial charge in [0.15, 0.2) is 11.7 Å². The van der Waals surface area contributed by atoms with Crippen LogP contribution < -0.4 is 64.6 Å². The van der Waals surface area contributed by atoms with E-state index in [4.69, 9.17) is 16.9 Å². The number of aromatic hydroxyl groups is 1. The molecule has 44 heteroatoms. The van der Waals surface area contributed by atoms with Crippen molar-refractivity contribution in [3.8, 4) is 5.75 Å². The Morgan fingerprint density at radius 3 is 1.84 bits per heavy atom. The summed E-state index contributed by atoms with van der Waals surface area (Å²) in [6, 6.07) is -0.673. The topological polar surface area (TPSA) is 644 Å². The third-order valence-electron chi connectivity index (χ3n) is 25.1. The number of thioether (sulfide) groups is 1. The molecule has 0 radical (unpaired) electrons. The number of Topliss-reactive ketones (excluding diaryl/α,β-unsaturated/α-hetero) is 1. The fraction of sp³-hybridized carbons (Fsp3) is 0.538. The predicted octanol–water partition coefficient (Wildman–Crippen LogP) is -0.678. The van der Waals surface area contributed by atoms with Gasteiger partial charge in [0.2, 0.25) is 88.6 Å². The second-order valence-electron chi connectivity index (χ2n) is 35.6. The van der Waals surface area contributed by atoms with Crippen LogP contribution in [0.2, 0.25) is 0 Å². The number of aliphatic hydroxyl groups is 2. The van der Waals surface area contributed by atoms with Gasteiger partial charge in [0, 0.05) is 119 Å². The molecule has 3 aromatic heterocycles. The molecule has 137 heavy (non-hydrogen) atoms. The number of nitrogens with zero attached hydrogens (tertiary/aromatic N) is 6. The van der Waals surface area contributed by atoms with Crippen molar-refractivity contribution in [2.75, 3.05) is 65.4 Å². The van der Waals surface area contributed by atoms with E-state index in [1.54, 1.807) is 81.7 Å². The standard InChI is InChI=1S/C93H130N22O21S/c1-10-12-25-72-86(130)104-64(24-18-32-98-93(95)96)83(127)110-71(82(126)101-44-77(94)120)47-137-48-78(121)103-67(35-53-28-30-56(117)31-29-53)88(132)111(7)52(6)80(124)106-69(40-79(122)123)90(134)114-33-19-27-73(114)87(131)105-65(37-55-42-97-49-102-55)84(128)107-66(34-50(3)4)91(135)115-45-57(118)38-75(115)76(119)39-60(51(5)61-43-100-63-23-17-15-21-59(61)63)81(125)109-70(46-116)85(129)108-68(36-54-41-99-62-22-16-14-20-58(54)62)89(133)113(9)74(26-13-11-2)92(136)112(72)8/h14-17,20-23,28-31,41-43,49-52,57,60,64-75,99-100,116-118H,10-13,18-19,24-27,32-40,44-48H2,1-9H3,(H2,94,120)(H,97,102)(H,101,126)(H,103,121)(H,104,130)(H,105,131)(H,106,124)(H,107,128)(H,108,129)(H,109,125)(H,110,127)(H,122,123)(H4,95,96,98)/t51-,52+,57-,60?,64+,65+,66+,67+,68+,69+,70+,71+,72+,73+,74+,75+/m1/s1. The lowest BCUT2D eigenvalue weighted by atomic mass is 9.82. The predicted molar refractivity (Wildman–Crippen MR) is 504 cm³/mol. The number of carboxylic acids is 1. The van der Waals surface area contributed by atoms with Crippen LogP contribution in [0.1, 0.15) is 160 Å². The first-order valence-electron chi connectivity index (χ1n) is 46.2. The van der Waals surface area contributed by atoms with Crippen LogP contribution in [0.25, 0.3) is 21.8 Å². The first kappa shape index (κ1) is 107. The van der Waals surface area contributed by atoms with Crippen molar-refractivity contribution in [2.24, 2.45) is 23.3 Å². The van der Waals surface area contributed by atoms with Gasteiger partial charge in [-0.2, -0.15) is 0 Å². The summed E-state index contributed by atoms with van der Waals surface area (Å²) >= 11 is 0.752. The zero-order valence-corrected chi connectivity index (χ0v) is 79.3. The number of unbranched alkanes of at least 4 members (excludes halogenated alkanes) is 2. The van der Waals surface area contributed by atoms with Crippen molar-refractivity contribution in [1.29, 1.82) is 5.41 Å². The highest BCUT2D eigenvalue weighted by atomic mass is 32.2. The lowest BCUT2D eigenvalue weighted by Gasteiger charge is -2.36. The highest BCUT2D eigenvalue weighted by Crippen LogP contribution is 2.36. The van der Waals surface area contributed by atoms with Crippen molar-refractivity contribution in [3.05, 3.63) is 120 Å². The van der Waals surface area contributed by atoms with Crippen LogP contribution in [0.5, 0.6) is 5.75 Å². The number of carbonyl (C=O) groups is 17. The van der Waals surface area contributed by atoms with E-state index < -0.39 is 247 Å². The number of aliphatic carboxylic acids is 1. The minimum atomic E-state index is -1.91. The molecule has 22 N–H and O–H groups in total. The molecule has 6 heterocycles. The summed E-state index contributed by atoms with van der Waals surface area (Å²) in [7, 11) is 3.89. The van der Waals surface area contributed by atoms with E-state index in [1.807, 2.05) is 13.8 Å². The Kier molecular flexibility index (Phi) is 39.8. The van der Waals surface area contributed by atoms with Crippen molar-refractivity contribution in [3.63, 3.8) is 0 Å². The first-order valence-corrected chi connectivity index (χ1v) is 47.3. The molecule has 744 valence electrons. The number of rotatable bonds is 26. The number of aliphatic hydroxyl groups excluding tert-OH is 2. The maximum absolute atomic E-state index is 15.8. The molecule has 43 nitrogen and oxygen atoms in total. The molecule has 3 aliphatic heterocycles. The largest absolute Gasteiger partial charge is 0.508 e. The molecule has 15 amide bonds. The summed E-state index contributed by atoms with van der Waals surface area (Å²) in [5.41, 5.74) is 14.0. The number of phenols is 1. The Morgan fingerprint density at radius 1 is 0.599 bits per heavy atom. The third-order valence-corrected chi connectivity index (χ3v) is 26.1. The highest BCUT2D eigenvalue weighted by Gasteiger charge is 2.47. The van der Waals surface area contributed by atoms with Gasteiger partial charge < -0.3 is 125 Å². The average Bonchev–Trinajstić information content (AvgIpc) is 1.05. The van der Waals surface area contributed by atoms with Crippen LogP contribution in [-0.4, -0.2) is 321 Å². The molecular weight excluding hydrogens is 1790 g/mol. The monoisotopic (exact) mass is 1920 g/mol. The van der Waals surface area contributed by atoms with Crippen molar-refractivity contribution in [1.82, 2.24) is 97.6 Å². The fourth-order valence-corrected chi connectivity index (χ4v) is 18.2. The number of ketones is 1. The number of imidazole rings is 1. The van der Waals surface area contributed by atoms with E-state index >= 15 is 38.4 Å². The third kappa shape index (κ3) is 29.5. The Balaban J connectivity index is 1.11. The van der Waals surface area contributed by atoms with Crippen LogP contribution >= 0.6 is 11.8 Å². The lowest BCUT2D eigenvalue weighted by Crippen LogP contribution is -2.61. The number of amides is 15. The number of fused-ring (bicyclic) bond motifs is 4. The normalized spacial score (nSPS) is 24.9. The number of H-pyrrole nitrogens is 3. The number of phenolic OH excluding ortho intramolecular Hbond substituents is 1. The first-order chi connectivity index (χ1) is 65.2. The van der Waals surface area contributed by atoms with Gasteiger partial charge in [0.1, 0.15) is 78.3 Å². The Labute approximate surface area is 796 Å². The number of nitrogens with two attached hydrogens (primary N) is 2. The highest BCUT2D eigenvalue weighted by molar-refractivity contribution is 8.00. The van der Waals surface area contributed by atoms with E-state index in [2.05, 4.69) is 73.1 Å². The number of benzene rings is 3. The molecule has 0 spiro atoms. The van der Waals surface area contributed by atoms with Crippen LogP contribution in [0.3, 0.4) is 0 Å². The molecule has 3 aromatic carbocycles. The summed E-state index contributed by atoms with van der Waals surface area (Å²) in [5, 5.41) is 78.9. The molecule has 9 rings (SSSR count). The number of primary amides is 1. The van der Waals surface area contributed by atoms with E-state index in [1.165, 1.54) is 64.9 Å². The number of para-hydroxylation sites is 2. The van der Waals surface area contributed by atoms with Crippen LogP contribution in [-0.2, 0) is 101 Å².